The maximum absolute atomic E-state index is 3.65. The molecule has 0 saturated carbocycles. The van der Waals surface area contributed by atoms with Gasteiger partial charge < -0.3 is 10.3 Å². The average Bonchev–Trinajstić information content (AvgIpc) is 2.87. The van der Waals surface area contributed by atoms with Gasteiger partial charge in [-0.25, -0.2) is 0 Å². The highest BCUT2D eigenvalue weighted by atomic mass is 15.0. The predicted molar refractivity (Wildman–Crippen MR) is 81.8 cm³/mol. The van der Waals surface area contributed by atoms with E-state index in [0.717, 1.165) is 13.0 Å². The van der Waals surface area contributed by atoms with Gasteiger partial charge in [0.05, 0.1) is 12.2 Å². The van der Waals surface area contributed by atoms with E-state index >= 15 is 0 Å². The number of fused-ring (bicyclic) bond motifs is 3. The highest BCUT2D eigenvalue weighted by Gasteiger charge is 2.28. The van der Waals surface area contributed by atoms with Crippen LogP contribution in [0.2, 0.25) is 0 Å². The quantitative estimate of drug-likeness (QED) is 0.677. The zero-order valence-electron chi connectivity index (χ0n) is 11.7. The molecule has 1 unspecified atom stereocenters. The summed E-state index contributed by atoms with van der Waals surface area (Å²) in [4.78, 5) is 3.65. The van der Waals surface area contributed by atoms with E-state index < -0.39 is 0 Å². The number of rotatable bonds is 1. The van der Waals surface area contributed by atoms with Crippen LogP contribution in [0, 0.1) is 6.92 Å². The Morgan fingerprint density at radius 3 is 2.70 bits per heavy atom. The third-order valence-electron chi connectivity index (χ3n) is 4.39. The molecule has 0 radical (unpaired) electrons. The van der Waals surface area contributed by atoms with Gasteiger partial charge in [0.1, 0.15) is 0 Å². The lowest BCUT2D eigenvalue weighted by Gasteiger charge is -2.21. The van der Waals surface area contributed by atoms with Crippen molar-refractivity contribution < 1.29 is 5.32 Å². The molecule has 0 bridgehead atoms. The number of aromatic amines is 1. The first-order chi connectivity index (χ1) is 9.83. The molecule has 2 nitrogen and oxygen atoms in total. The van der Waals surface area contributed by atoms with Crippen LogP contribution >= 0.6 is 0 Å². The number of quaternary nitrogens is 1. The van der Waals surface area contributed by atoms with Gasteiger partial charge in [-0.3, -0.25) is 0 Å². The van der Waals surface area contributed by atoms with E-state index in [1.807, 2.05) is 0 Å². The van der Waals surface area contributed by atoms with Gasteiger partial charge >= 0.3 is 0 Å². The van der Waals surface area contributed by atoms with Crippen LogP contribution in [0.15, 0.2) is 48.5 Å². The van der Waals surface area contributed by atoms with Gasteiger partial charge in [-0.15, -0.1) is 0 Å². The summed E-state index contributed by atoms with van der Waals surface area (Å²) in [5, 5.41) is 3.84. The second-order valence-electron chi connectivity index (χ2n) is 5.73. The van der Waals surface area contributed by atoms with Crippen LogP contribution in [-0.4, -0.2) is 11.5 Å². The first-order valence-corrected chi connectivity index (χ1v) is 7.32. The molecular weight excluding hydrogens is 244 g/mol. The molecule has 3 aromatic rings. The van der Waals surface area contributed by atoms with Crippen LogP contribution < -0.4 is 5.32 Å². The van der Waals surface area contributed by atoms with E-state index in [2.05, 4.69) is 65.8 Å². The number of aryl methyl sites for hydroxylation is 1. The molecule has 1 atom stereocenters. The van der Waals surface area contributed by atoms with E-state index in [-0.39, 0.29) is 0 Å². The number of hydrogen-bond acceptors (Lipinski definition) is 0. The van der Waals surface area contributed by atoms with Gasteiger partial charge in [0.2, 0.25) is 0 Å². The molecule has 2 aromatic carbocycles. The Hall–Kier alpha value is -2.06. The van der Waals surface area contributed by atoms with Crippen LogP contribution in [0.1, 0.15) is 28.4 Å². The summed E-state index contributed by atoms with van der Waals surface area (Å²) in [6.45, 7) is 3.30. The molecule has 3 N–H and O–H groups in total. The SMILES string of the molecule is Cc1ccc(C2[NH2+]CCc3c2[nH]c2ccccc32)cc1. The number of nitrogens with two attached hydrogens (primary N) is 1. The fraction of sp³-hybridized carbons (Fsp3) is 0.222. The number of aromatic nitrogens is 1. The zero-order valence-corrected chi connectivity index (χ0v) is 11.7. The molecule has 0 fully saturated rings. The van der Waals surface area contributed by atoms with Gasteiger partial charge in [0.15, 0.2) is 6.04 Å². The number of H-pyrrole nitrogens is 1. The number of para-hydroxylation sites is 1. The minimum atomic E-state index is 0.409. The van der Waals surface area contributed by atoms with E-state index in [0.29, 0.717) is 6.04 Å². The van der Waals surface area contributed by atoms with Gasteiger partial charge in [0.25, 0.3) is 0 Å². The largest absolute Gasteiger partial charge is 0.353 e. The Morgan fingerprint density at radius 2 is 1.85 bits per heavy atom. The van der Waals surface area contributed by atoms with Gasteiger partial charge in [-0.1, -0.05) is 48.0 Å². The van der Waals surface area contributed by atoms with Crippen molar-refractivity contribution in [1.82, 2.24) is 4.98 Å². The van der Waals surface area contributed by atoms with Crippen molar-refractivity contribution in [3.05, 3.63) is 70.9 Å². The number of benzene rings is 2. The smallest absolute Gasteiger partial charge is 0.153 e. The van der Waals surface area contributed by atoms with Crippen molar-refractivity contribution in [2.75, 3.05) is 6.54 Å². The molecule has 1 aliphatic rings. The van der Waals surface area contributed by atoms with Crippen molar-refractivity contribution in [3.63, 3.8) is 0 Å². The Kier molecular flexibility index (Phi) is 2.64. The van der Waals surface area contributed by atoms with Crippen LogP contribution in [0.3, 0.4) is 0 Å². The normalized spacial score (nSPS) is 18.1. The van der Waals surface area contributed by atoms with Gasteiger partial charge in [-0.2, -0.15) is 0 Å². The van der Waals surface area contributed by atoms with E-state index in [9.17, 15) is 0 Å². The van der Waals surface area contributed by atoms with Gasteiger partial charge in [0, 0.05) is 22.9 Å². The zero-order chi connectivity index (χ0) is 13.5. The van der Waals surface area contributed by atoms with Crippen LogP contribution in [-0.2, 0) is 6.42 Å². The maximum atomic E-state index is 3.65. The van der Waals surface area contributed by atoms with E-state index in [4.69, 9.17) is 0 Å². The molecule has 100 valence electrons. The summed E-state index contributed by atoms with van der Waals surface area (Å²) in [6, 6.07) is 18.0. The summed E-state index contributed by atoms with van der Waals surface area (Å²) in [5.74, 6) is 0. The monoisotopic (exact) mass is 263 g/mol. The van der Waals surface area contributed by atoms with Crippen LogP contribution in [0.5, 0.6) is 0 Å². The minimum absolute atomic E-state index is 0.409. The highest BCUT2D eigenvalue weighted by molar-refractivity contribution is 5.85. The Labute approximate surface area is 118 Å². The summed E-state index contributed by atoms with van der Waals surface area (Å²) >= 11 is 0. The lowest BCUT2D eigenvalue weighted by molar-refractivity contribution is -0.690. The summed E-state index contributed by atoms with van der Waals surface area (Å²) in [7, 11) is 0. The number of nitrogens with one attached hydrogen (secondary N) is 1. The minimum Gasteiger partial charge on any atom is -0.353 e. The molecule has 2 heterocycles. The van der Waals surface area contributed by atoms with Crippen LogP contribution in [0.25, 0.3) is 10.9 Å². The standard InChI is InChI=1S/C18H18N2/c1-12-6-8-13(9-7-12)17-18-15(10-11-19-17)14-4-2-3-5-16(14)20-18/h2-9,17,19-20H,10-11H2,1H3/p+1. The second kappa shape index (κ2) is 4.50. The van der Waals surface area contributed by atoms with E-state index in [1.54, 1.807) is 0 Å². The average molecular weight is 263 g/mol. The molecule has 2 heteroatoms. The summed E-state index contributed by atoms with van der Waals surface area (Å²) in [6.07, 6.45) is 1.15. The molecule has 20 heavy (non-hydrogen) atoms. The molecule has 0 aliphatic carbocycles. The Balaban J connectivity index is 1.87. The molecule has 0 amide bonds. The molecule has 4 rings (SSSR count). The maximum Gasteiger partial charge on any atom is 0.153 e. The van der Waals surface area contributed by atoms with Crippen molar-refractivity contribution in [2.45, 2.75) is 19.4 Å². The van der Waals surface area contributed by atoms with Crippen molar-refractivity contribution in [2.24, 2.45) is 0 Å². The first-order valence-electron chi connectivity index (χ1n) is 7.32. The third-order valence-corrected chi connectivity index (χ3v) is 4.39. The molecular formula is C18H19N2+. The second-order valence-corrected chi connectivity index (χ2v) is 5.73. The molecule has 0 saturated heterocycles. The van der Waals surface area contributed by atoms with Crippen molar-refractivity contribution >= 4 is 10.9 Å². The molecule has 1 aromatic heterocycles. The van der Waals surface area contributed by atoms with Crippen LogP contribution in [0.4, 0.5) is 0 Å². The molecule has 1 aliphatic heterocycles. The lowest BCUT2D eigenvalue weighted by atomic mass is 9.94. The Morgan fingerprint density at radius 1 is 1.05 bits per heavy atom. The topological polar surface area (TPSA) is 32.4 Å². The van der Waals surface area contributed by atoms with Crippen molar-refractivity contribution in [1.29, 1.82) is 0 Å². The fourth-order valence-corrected chi connectivity index (χ4v) is 3.34. The predicted octanol–water partition coefficient (Wildman–Crippen LogP) is 2.69. The summed E-state index contributed by atoms with van der Waals surface area (Å²) in [5.41, 5.74) is 6.88. The Bertz CT molecular complexity index is 753. The summed E-state index contributed by atoms with van der Waals surface area (Å²) < 4.78 is 0. The lowest BCUT2D eigenvalue weighted by Crippen LogP contribution is -2.87. The number of hydrogen-bond donors (Lipinski definition) is 2. The highest BCUT2D eigenvalue weighted by Crippen LogP contribution is 2.30. The first kappa shape index (κ1) is 11.7. The van der Waals surface area contributed by atoms with Gasteiger partial charge in [-0.05, 0) is 18.6 Å². The van der Waals surface area contributed by atoms with E-state index in [1.165, 1.54) is 33.3 Å². The van der Waals surface area contributed by atoms with Crippen molar-refractivity contribution in [3.8, 4) is 0 Å². The third kappa shape index (κ3) is 1.76. The molecule has 0 spiro atoms. The fourth-order valence-electron chi connectivity index (χ4n) is 3.34.